The third-order valence-corrected chi connectivity index (χ3v) is 1.97. The molecule has 88 valence electrons. The first-order valence-corrected chi connectivity index (χ1v) is 4.79. The quantitative estimate of drug-likeness (QED) is 0.448. The number of hydrogen-bond donors (Lipinski definition) is 1. The molecule has 0 saturated heterocycles. The van der Waals surface area contributed by atoms with Crippen molar-refractivity contribution in [2.24, 2.45) is 0 Å². The van der Waals surface area contributed by atoms with Gasteiger partial charge in [-0.3, -0.25) is 10.1 Å². The fourth-order valence-corrected chi connectivity index (χ4v) is 1.15. The number of hydrogen-bond acceptors (Lipinski definition) is 5. The standard InChI is InChI=1S/C10H14N2O4/c1-11-5-6-16-10-7-8(12(13)14)3-4-9(10)15-2/h3-4,7,11H,5-6H2,1-2H3. The van der Waals surface area contributed by atoms with Crippen molar-refractivity contribution in [3.63, 3.8) is 0 Å². The van der Waals surface area contributed by atoms with E-state index in [4.69, 9.17) is 9.47 Å². The molecule has 0 radical (unpaired) electrons. The van der Waals surface area contributed by atoms with Crippen LogP contribution in [0.1, 0.15) is 0 Å². The van der Waals surface area contributed by atoms with Crippen molar-refractivity contribution in [1.29, 1.82) is 0 Å². The maximum absolute atomic E-state index is 10.6. The van der Waals surface area contributed by atoms with Gasteiger partial charge in [-0.1, -0.05) is 0 Å². The Morgan fingerprint density at radius 2 is 2.19 bits per heavy atom. The van der Waals surface area contributed by atoms with Crippen molar-refractivity contribution in [1.82, 2.24) is 5.32 Å². The van der Waals surface area contributed by atoms with Gasteiger partial charge in [0.2, 0.25) is 0 Å². The monoisotopic (exact) mass is 226 g/mol. The number of methoxy groups -OCH3 is 1. The highest BCUT2D eigenvalue weighted by molar-refractivity contribution is 5.48. The minimum atomic E-state index is -0.468. The predicted octanol–water partition coefficient (Wildman–Crippen LogP) is 1.20. The van der Waals surface area contributed by atoms with Crippen LogP contribution in [0.4, 0.5) is 5.69 Å². The molecule has 0 aromatic heterocycles. The first kappa shape index (κ1) is 12.3. The summed E-state index contributed by atoms with van der Waals surface area (Å²) in [5.74, 6) is 0.869. The first-order valence-electron chi connectivity index (χ1n) is 4.79. The molecule has 6 heteroatoms. The van der Waals surface area contributed by atoms with Crippen molar-refractivity contribution in [3.05, 3.63) is 28.3 Å². The van der Waals surface area contributed by atoms with E-state index in [-0.39, 0.29) is 5.69 Å². The van der Waals surface area contributed by atoms with Crippen LogP contribution in [-0.4, -0.2) is 32.2 Å². The van der Waals surface area contributed by atoms with Gasteiger partial charge in [-0.2, -0.15) is 0 Å². The number of nitro groups is 1. The fraction of sp³-hybridized carbons (Fsp3) is 0.400. The highest BCUT2D eigenvalue weighted by Crippen LogP contribution is 2.30. The van der Waals surface area contributed by atoms with Crippen LogP contribution in [0.5, 0.6) is 11.5 Å². The number of non-ortho nitro benzene ring substituents is 1. The van der Waals surface area contributed by atoms with Gasteiger partial charge in [0.05, 0.1) is 18.1 Å². The lowest BCUT2D eigenvalue weighted by Gasteiger charge is -2.09. The molecule has 0 unspecified atom stereocenters. The zero-order valence-corrected chi connectivity index (χ0v) is 9.23. The zero-order chi connectivity index (χ0) is 12.0. The van der Waals surface area contributed by atoms with E-state index in [1.165, 1.54) is 25.3 Å². The van der Waals surface area contributed by atoms with Gasteiger partial charge in [0.15, 0.2) is 11.5 Å². The Hall–Kier alpha value is -1.82. The molecule has 0 spiro atoms. The van der Waals surface area contributed by atoms with Crippen molar-refractivity contribution in [2.75, 3.05) is 27.3 Å². The lowest BCUT2D eigenvalue weighted by atomic mass is 10.3. The summed E-state index contributed by atoms with van der Waals surface area (Å²) >= 11 is 0. The van der Waals surface area contributed by atoms with Gasteiger partial charge >= 0.3 is 0 Å². The number of ether oxygens (including phenoxy) is 2. The summed E-state index contributed by atoms with van der Waals surface area (Å²) in [5.41, 5.74) is -0.0137. The van der Waals surface area contributed by atoms with Crippen molar-refractivity contribution in [2.45, 2.75) is 0 Å². The maximum Gasteiger partial charge on any atom is 0.273 e. The third kappa shape index (κ3) is 3.09. The summed E-state index contributed by atoms with van der Waals surface area (Å²) in [6, 6.07) is 4.26. The van der Waals surface area contributed by atoms with Crippen LogP contribution in [0.15, 0.2) is 18.2 Å². The lowest BCUT2D eigenvalue weighted by Crippen LogP contribution is -2.16. The topological polar surface area (TPSA) is 73.6 Å². The van der Waals surface area contributed by atoms with Gasteiger partial charge in [-0.25, -0.2) is 0 Å². The number of nitrogens with zero attached hydrogens (tertiary/aromatic N) is 1. The smallest absolute Gasteiger partial charge is 0.273 e. The molecule has 0 aliphatic carbocycles. The summed E-state index contributed by atoms with van der Waals surface area (Å²) in [7, 11) is 3.29. The van der Waals surface area contributed by atoms with Crippen molar-refractivity contribution >= 4 is 5.69 Å². The van der Waals surface area contributed by atoms with E-state index in [9.17, 15) is 10.1 Å². The highest BCUT2D eigenvalue weighted by Gasteiger charge is 2.11. The molecule has 6 nitrogen and oxygen atoms in total. The largest absolute Gasteiger partial charge is 0.493 e. The maximum atomic E-state index is 10.6. The Kier molecular flexibility index (Phi) is 4.53. The number of nitrogens with one attached hydrogen (secondary N) is 1. The number of benzene rings is 1. The Labute approximate surface area is 93.3 Å². The van der Waals surface area contributed by atoms with Gasteiger partial charge in [0.1, 0.15) is 6.61 Å². The van der Waals surface area contributed by atoms with Crippen molar-refractivity contribution in [3.8, 4) is 11.5 Å². The molecule has 1 N–H and O–H groups in total. The molecule has 0 amide bonds. The number of likely N-dealkylation sites (N-methyl/N-ethyl adjacent to an activating group) is 1. The molecule has 0 aliphatic heterocycles. The Morgan fingerprint density at radius 1 is 1.44 bits per heavy atom. The SMILES string of the molecule is CNCCOc1cc([N+](=O)[O-])ccc1OC. The second kappa shape index (κ2) is 5.92. The van der Waals surface area contributed by atoms with E-state index in [2.05, 4.69) is 5.32 Å². The molecule has 1 aromatic rings. The Bertz CT molecular complexity index is 368. The molecule has 0 bridgehead atoms. The first-order chi connectivity index (χ1) is 7.69. The predicted molar refractivity (Wildman–Crippen MR) is 59.1 cm³/mol. The summed E-state index contributed by atoms with van der Waals surface area (Å²) in [6.07, 6.45) is 0. The van der Waals surface area contributed by atoms with Crippen LogP contribution >= 0.6 is 0 Å². The van der Waals surface area contributed by atoms with E-state index < -0.39 is 4.92 Å². The molecule has 0 heterocycles. The molecule has 0 saturated carbocycles. The average Bonchev–Trinajstić information content (AvgIpc) is 2.29. The van der Waals surface area contributed by atoms with Crippen LogP contribution in [0.25, 0.3) is 0 Å². The lowest BCUT2D eigenvalue weighted by molar-refractivity contribution is -0.385. The molecule has 1 aromatic carbocycles. The van der Waals surface area contributed by atoms with Crippen LogP contribution < -0.4 is 14.8 Å². The molecular weight excluding hydrogens is 212 g/mol. The van der Waals surface area contributed by atoms with Gasteiger partial charge in [-0.05, 0) is 13.1 Å². The van der Waals surface area contributed by atoms with Gasteiger partial charge in [-0.15, -0.1) is 0 Å². The van der Waals surface area contributed by atoms with Crippen LogP contribution in [-0.2, 0) is 0 Å². The summed E-state index contributed by atoms with van der Waals surface area (Å²) in [6.45, 7) is 1.08. The zero-order valence-electron chi connectivity index (χ0n) is 9.23. The van der Waals surface area contributed by atoms with E-state index in [0.717, 1.165) is 0 Å². The Morgan fingerprint density at radius 3 is 2.75 bits per heavy atom. The van der Waals surface area contributed by atoms with Crippen LogP contribution in [0.3, 0.4) is 0 Å². The Balaban J connectivity index is 2.84. The minimum Gasteiger partial charge on any atom is -0.493 e. The highest BCUT2D eigenvalue weighted by atomic mass is 16.6. The van der Waals surface area contributed by atoms with E-state index in [1.54, 1.807) is 7.05 Å². The average molecular weight is 226 g/mol. The normalized spacial score (nSPS) is 9.88. The van der Waals surface area contributed by atoms with Gasteiger partial charge < -0.3 is 14.8 Å². The molecule has 0 fully saturated rings. The summed E-state index contributed by atoms with van der Waals surface area (Å²) in [4.78, 5) is 10.1. The van der Waals surface area contributed by atoms with Crippen molar-refractivity contribution < 1.29 is 14.4 Å². The van der Waals surface area contributed by atoms with E-state index in [1.807, 2.05) is 0 Å². The number of nitro benzene ring substituents is 1. The van der Waals surface area contributed by atoms with Gasteiger partial charge in [0, 0.05) is 12.6 Å². The van der Waals surface area contributed by atoms with E-state index in [0.29, 0.717) is 24.7 Å². The summed E-state index contributed by atoms with van der Waals surface area (Å²) in [5, 5.41) is 13.5. The van der Waals surface area contributed by atoms with Crippen LogP contribution in [0, 0.1) is 10.1 Å². The molecular formula is C10H14N2O4. The van der Waals surface area contributed by atoms with Gasteiger partial charge in [0.25, 0.3) is 5.69 Å². The third-order valence-electron chi connectivity index (χ3n) is 1.97. The molecule has 0 atom stereocenters. The second-order valence-corrected chi connectivity index (χ2v) is 3.04. The van der Waals surface area contributed by atoms with E-state index >= 15 is 0 Å². The molecule has 0 aliphatic rings. The summed E-state index contributed by atoms with van der Waals surface area (Å²) < 4.78 is 10.4. The second-order valence-electron chi connectivity index (χ2n) is 3.04. The molecule has 16 heavy (non-hydrogen) atoms. The molecule has 1 rings (SSSR count). The van der Waals surface area contributed by atoms with Crippen LogP contribution in [0.2, 0.25) is 0 Å². The number of rotatable bonds is 6. The fourth-order valence-electron chi connectivity index (χ4n) is 1.15. The minimum absolute atomic E-state index is 0.0137.